The molecule has 10 nitrogen and oxygen atoms in total. The first kappa shape index (κ1) is 23.1. The molecule has 0 amide bonds. The van der Waals surface area contributed by atoms with E-state index in [2.05, 4.69) is 35.8 Å². The average molecular weight is 484 g/mol. The van der Waals surface area contributed by atoms with Crippen LogP contribution in [0.5, 0.6) is 0 Å². The zero-order valence-corrected chi connectivity index (χ0v) is 19.7. The fraction of sp³-hybridized carbons (Fsp3) is 0.435. The fourth-order valence-corrected chi connectivity index (χ4v) is 4.13. The summed E-state index contributed by atoms with van der Waals surface area (Å²) in [6.45, 7) is 1.68. The second kappa shape index (κ2) is 9.17. The Morgan fingerprint density at radius 2 is 1.94 bits per heavy atom. The van der Waals surface area contributed by atoms with Crippen molar-refractivity contribution in [2.24, 2.45) is 0 Å². The van der Waals surface area contributed by atoms with Gasteiger partial charge in [-0.25, -0.2) is 9.36 Å². The van der Waals surface area contributed by atoms with E-state index >= 15 is 0 Å². The lowest BCUT2D eigenvalue weighted by Crippen LogP contribution is -2.30. The molecule has 1 unspecified atom stereocenters. The standard InChI is InChI=1S/C23H27F2N9O/c1-23(2,17-9-10-33(32-17)20(24)25)31-22-29-19(28-21(26-3)30-22)14-7-8-16-15(12-14)13-27-34(16)18-6-4-5-11-35-18/h7-10,12-13,18,20H,4-6,11H2,1-3H3,(H2,26,28,29,30,31). The Kier molecular flexibility index (Phi) is 6.05. The van der Waals surface area contributed by atoms with Crippen LogP contribution in [0.1, 0.15) is 51.6 Å². The van der Waals surface area contributed by atoms with E-state index in [0.29, 0.717) is 28.1 Å². The maximum atomic E-state index is 13.0. The van der Waals surface area contributed by atoms with E-state index in [-0.39, 0.29) is 6.23 Å². The molecule has 12 heteroatoms. The summed E-state index contributed by atoms with van der Waals surface area (Å²) in [6.07, 6.45) is 6.16. The van der Waals surface area contributed by atoms with E-state index in [1.165, 1.54) is 6.20 Å². The number of benzene rings is 1. The number of hydrogen-bond acceptors (Lipinski definition) is 8. The maximum Gasteiger partial charge on any atom is 0.333 e. The van der Waals surface area contributed by atoms with E-state index in [4.69, 9.17) is 4.74 Å². The van der Waals surface area contributed by atoms with Crippen LogP contribution in [0.25, 0.3) is 22.3 Å². The van der Waals surface area contributed by atoms with Gasteiger partial charge in [0, 0.05) is 30.8 Å². The monoisotopic (exact) mass is 483 g/mol. The summed E-state index contributed by atoms with van der Waals surface area (Å²) in [6, 6.07) is 7.46. The Labute approximate surface area is 200 Å². The van der Waals surface area contributed by atoms with Crippen molar-refractivity contribution in [2.45, 2.75) is 51.4 Å². The summed E-state index contributed by atoms with van der Waals surface area (Å²) < 4.78 is 34.4. The molecule has 5 rings (SSSR count). The molecule has 1 fully saturated rings. The minimum absolute atomic E-state index is 0.0493. The molecule has 1 aliphatic heterocycles. The first-order valence-corrected chi connectivity index (χ1v) is 11.5. The third kappa shape index (κ3) is 4.65. The Bertz CT molecular complexity index is 1330. The van der Waals surface area contributed by atoms with E-state index in [1.807, 2.05) is 42.9 Å². The van der Waals surface area contributed by atoms with Crippen molar-refractivity contribution in [1.29, 1.82) is 0 Å². The van der Waals surface area contributed by atoms with Crippen LogP contribution in [0, 0.1) is 0 Å². The van der Waals surface area contributed by atoms with E-state index in [0.717, 1.165) is 42.3 Å². The number of halogens is 2. The molecule has 4 aromatic rings. The summed E-state index contributed by atoms with van der Waals surface area (Å²) in [5, 5.41) is 15.6. The molecule has 35 heavy (non-hydrogen) atoms. The van der Waals surface area contributed by atoms with Gasteiger partial charge in [-0.15, -0.1) is 0 Å². The van der Waals surface area contributed by atoms with E-state index < -0.39 is 12.1 Å². The highest BCUT2D eigenvalue weighted by Crippen LogP contribution is 2.30. The van der Waals surface area contributed by atoms with Crippen molar-refractivity contribution < 1.29 is 13.5 Å². The normalized spacial score (nSPS) is 16.7. The first-order valence-electron chi connectivity index (χ1n) is 11.5. The van der Waals surface area contributed by atoms with Crippen molar-refractivity contribution in [1.82, 2.24) is 34.5 Å². The van der Waals surface area contributed by atoms with Crippen molar-refractivity contribution in [3.8, 4) is 11.4 Å². The molecule has 0 aliphatic carbocycles. The van der Waals surface area contributed by atoms with Crippen LogP contribution in [0.3, 0.4) is 0 Å². The number of hydrogen-bond donors (Lipinski definition) is 2. The zero-order chi connectivity index (χ0) is 24.6. The van der Waals surface area contributed by atoms with E-state index in [9.17, 15) is 8.78 Å². The molecule has 0 saturated carbocycles. The largest absolute Gasteiger partial charge is 0.357 e. The van der Waals surface area contributed by atoms with Crippen molar-refractivity contribution in [3.05, 3.63) is 42.4 Å². The van der Waals surface area contributed by atoms with Gasteiger partial charge >= 0.3 is 6.55 Å². The van der Waals surface area contributed by atoms with Crippen LogP contribution in [0.4, 0.5) is 20.7 Å². The zero-order valence-electron chi connectivity index (χ0n) is 19.7. The van der Waals surface area contributed by atoms with Crippen LogP contribution < -0.4 is 10.6 Å². The lowest BCUT2D eigenvalue weighted by atomic mass is 10.0. The lowest BCUT2D eigenvalue weighted by Gasteiger charge is -2.24. The van der Waals surface area contributed by atoms with Crippen LogP contribution in [-0.4, -0.2) is 48.2 Å². The van der Waals surface area contributed by atoms with Crippen LogP contribution in [0.2, 0.25) is 0 Å². The summed E-state index contributed by atoms with van der Waals surface area (Å²) in [7, 11) is 1.72. The second-order valence-corrected chi connectivity index (χ2v) is 8.95. The van der Waals surface area contributed by atoms with Gasteiger partial charge in [-0.05, 0) is 57.4 Å². The van der Waals surface area contributed by atoms with Gasteiger partial charge in [0.25, 0.3) is 0 Å². The highest BCUT2D eigenvalue weighted by molar-refractivity contribution is 5.83. The molecule has 3 aromatic heterocycles. The lowest BCUT2D eigenvalue weighted by molar-refractivity contribution is -0.0366. The van der Waals surface area contributed by atoms with Crippen LogP contribution in [-0.2, 0) is 10.3 Å². The highest BCUT2D eigenvalue weighted by atomic mass is 19.3. The van der Waals surface area contributed by atoms with Gasteiger partial charge in [-0.1, -0.05) is 0 Å². The number of rotatable bonds is 7. The average Bonchev–Trinajstić information content (AvgIpc) is 3.52. The number of aromatic nitrogens is 7. The Morgan fingerprint density at radius 1 is 1.11 bits per heavy atom. The number of alkyl halides is 2. The van der Waals surface area contributed by atoms with Crippen LogP contribution in [0.15, 0.2) is 36.7 Å². The third-order valence-electron chi connectivity index (χ3n) is 6.01. The molecule has 184 valence electrons. The summed E-state index contributed by atoms with van der Waals surface area (Å²) in [5.41, 5.74) is 1.40. The predicted molar refractivity (Wildman–Crippen MR) is 127 cm³/mol. The SMILES string of the molecule is CNc1nc(NC(C)(C)c2ccn(C(F)F)n2)nc(-c2ccc3c(cnn3C3CCCCO3)c2)n1. The maximum absolute atomic E-state index is 13.0. The molecule has 1 aliphatic rings. The van der Waals surface area contributed by atoms with Gasteiger partial charge in [0.05, 0.1) is 22.9 Å². The molecule has 1 saturated heterocycles. The van der Waals surface area contributed by atoms with Gasteiger partial charge in [0.2, 0.25) is 11.9 Å². The predicted octanol–water partition coefficient (Wildman–Crippen LogP) is 4.57. The molecule has 1 aromatic carbocycles. The molecular formula is C23H27F2N9O. The van der Waals surface area contributed by atoms with Crippen LogP contribution >= 0.6 is 0 Å². The number of fused-ring (bicyclic) bond motifs is 1. The van der Waals surface area contributed by atoms with Gasteiger partial charge in [0.1, 0.15) is 0 Å². The first-order chi connectivity index (χ1) is 16.8. The Morgan fingerprint density at radius 3 is 2.66 bits per heavy atom. The Hall–Kier alpha value is -3.67. The van der Waals surface area contributed by atoms with Crippen molar-refractivity contribution in [2.75, 3.05) is 24.3 Å². The molecule has 2 N–H and O–H groups in total. The summed E-state index contributed by atoms with van der Waals surface area (Å²) >= 11 is 0. The van der Waals surface area contributed by atoms with Crippen molar-refractivity contribution >= 4 is 22.8 Å². The highest BCUT2D eigenvalue weighted by Gasteiger charge is 2.26. The number of ether oxygens (including phenoxy) is 1. The quantitative estimate of drug-likeness (QED) is 0.394. The van der Waals surface area contributed by atoms with Gasteiger partial charge in [0.15, 0.2) is 12.1 Å². The second-order valence-electron chi connectivity index (χ2n) is 8.95. The van der Waals surface area contributed by atoms with E-state index in [1.54, 1.807) is 13.1 Å². The summed E-state index contributed by atoms with van der Waals surface area (Å²) in [5.74, 6) is 1.13. The minimum atomic E-state index is -2.71. The van der Waals surface area contributed by atoms with Gasteiger partial charge < -0.3 is 15.4 Å². The third-order valence-corrected chi connectivity index (χ3v) is 6.01. The topological polar surface area (TPSA) is 108 Å². The molecule has 4 heterocycles. The smallest absolute Gasteiger partial charge is 0.333 e. The molecular weight excluding hydrogens is 456 g/mol. The fourth-order valence-electron chi connectivity index (χ4n) is 4.13. The van der Waals surface area contributed by atoms with Gasteiger partial charge in [-0.3, -0.25) is 0 Å². The number of nitrogens with one attached hydrogen (secondary N) is 2. The minimum Gasteiger partial charge on any atom is -0.357 e. The molecule has 0 spiro atoms. The number of nitrogens with zero attached hydrogens (tertiary/aromatic N) is 7. The molecule has 1 atom stereocenters. The van der Waals surface area contributed by atoms with Gasteiger partial charge in [-0.2, -0.15) is 33.9 Å². The Balaban J connectivity index is 1.45. The molecule has 0 radical (unpaired) electrons. The summed E-state index contributed by atoms with van der Waals surface area (Å²) in [4.78, 5) is 13.5. The molecule has 0 bridgehead atoms. The number of anilines is 2. The van der Waals surface area contributed by atoms with Crippen molar-refractivity contribution in [3.63, 3.8) is 0 Å².